The SMILES string of the molecule is CC1(C(=O)NCCc2ccccn2)CCCCN1. The van der Waals surface area contributed by atoms with E-state index in [9.17, 15) is 4.79 Å². The molecule has 1 aliphatic heterocycles. The number of aromatic nitrogens is 1. The summed E-state index contributed by atoms with van der Waals surface area (Å²) in [6.45, 7) is 3.57. The smallest absolute Gasteiger partial charge is 0.240 e. The second-order valence-electron chi connectivity index (χ2n) is 5.04. The van der Waals surface area contributed by atoms with Crippen molar-refractivity contribution in [2.75, 3.05) is 13.1 Å². The van der Waals surface area contributed by atoms with Crippen molar-refractivity contribution in [3.05, 3.63) is 30.1 Å². The first-order valence-electron chi connectivity index (χ1n) is 6.64. The van der Waals surface area contributed by atoms with E-state index in [4.69, 9.17) is 0 Å². The average molecular weight is 247 g/mol. The van der Waals surface area contributed by atoms with Crippen molar-refractivity contribution in [1.82, 2.24) is 15.6 Å². The number of hydrogen-bond donors (Lipinski definition) is 2. The lowest BCUT2D eigenvalue weighted by atomic mass is 9.90. The van der Waals surface area contributed by atoms with Crippen LogP contribution in [0.25, 0.3) is 0 Å². The van der Waals surface area contributed by atoms with Gasteiger partial charge in [-0.15, -0.1) is 0 Å². The van der Waals surface area contributed by atoms with Crippen LogP contribution in [0.3, 0.4) is 0 Å². The minimum Gasteiger partial charge on any atom is -0.354 e. The van der Waals surface area contributed by atoms with Crippen molar-refractivity contribution in [2.24, 2.45) is 0 Å². The normalized spacial score (nSPS) is 23.6. The highest BCUT2D eigenvalue weighted by Gasteiger charge is 2.33. The van der Waals surface area contributed by atoms with Crippen molar-refractivity contribution in [2.45, 2.75) is 38.1 Å². The van der Waals surface area contributed by atoms with Gasteiger partial charge in [-0.3, -0.25) is 9.78 Å². The van der Waals surface area contributed by atoms with E-state index in [1.807, 2.05) is 25.1 Å². The fourth-order valence-corrected chi connectivity index (χ4v) is 2.30. The van der Waals surface area contributed by atoms with Gasteiger partial charge < -0.3 is 10.6 Å². The molecule has 4 nitrogen and oxygen atoms in total. The Morgan fingerprint density at radius 1 is 1.50 bits per heavy atom. The number of pyridine rings is 1. The first-order valence-corrected chi connectivity index (χ1v) is 6.64. The molecule has 98 valence electrons. The maximum atomic E-state index is 12.1. The number of nitrogens with one attached hydrogen (secondary N) is 2. The molecule has 1 fully saturated rings. The van der Waals surface area contributed by atoms with E-state index in [0.717, 1.165) is 37.9 Å². The van der Waals surface area contributed by atoms with Crippen LogP contribution in [0.5, 0.6) is 0 Å². The van der Waals surface area contributed by atoms with Crippen molar-refractivity contribution in [1.29, 1.82) is 0 Å². The van der Waals surface area contributed by atoms with Crippen molar-refractivity contribution < 1.29 is 4.79 Å². The van der Waals surface area contributed by atoms with Gasteiger partial charge in [0.2, 0.25) is 5.91 Å². The third-order valence-electron chi connectivity index (χ3n) is 3.51. The lowest BCUT2D eigenvalue weighted by Crippen LogP contribution is -2.57. The average Bonchev–Trinajstić information content (AvgIpc) is 2.41. The molecule has 0 aromatic carbocycles. The third-order valence-corrected chi connectivity index (χ3v) is 3.51. The Labute approximate surface area is 108 Å². The van der Waals surface area contributed by atoms with E-state index in [1.54, 1.807) is 6.20 Å². The van der Waals surface area contributed by atoms with Gasteiger partial charge in [-0.05, 0) is 44.9 Å². The summed E-state index contributed by atoms with van der Waals surface area (Å²) >= 11 is 0. The lowest BCUT2D eigenvalue weighted by Gasteiger charge is -2.33. The zero-order chi connectivity index (χ0) is 12.8. The molecule has 1 aliphatic rings. The summed E-state index contributed by atoms with van der Waals surface area (Å²) in [6, 6.07) is 5.84. The number of nitrogens with zero attached hydrogens (tertiary/aromatic N) is 1. The van der Waals surface area contributed by atoms with Crippen molar-refractivity contribution >= 4 is 5.91 Å². The number of amides is 1. The van der Waals surface area contributed by atoms with Gasteiger partial charge in [0, 0.05) is 24.9 Å². The fourth-order valence-electron chi connectivity index (χ4n) is 2.30. The second-order valence-corrected chi connectivity index (χ2v) is 5.04. The lowest BCUT2D eigenvalue weighted by molar-refractivity contribution is -0.127. The van der Waals surface area contributed by atoms with Crippen LogP contribution in [0.2, 0.25) is 0 Å². The number of hydrogen-bond acceptors (Lipinski definition) is 3. The molecule has 0 spiro atoms. The highest BCUT2D eigenvalue weighted by atomic mass is 16.2. The molecule has 0 saturated carbocycles. The van der Waals surface area contributed by atoms with E-state index >= 15 is 0 Å². The molecular weight excluding hydrogens is 226 g/mol. The maximum absolute atomic E-state index is 12.1. The predicted octanol–water partition coefficient (Wildman–Crippen LogP) is 1.27. The Morgan fingerprint density at radius 3 is 3.06 bits per heavy atom. The topological polar surface area (TPSA) is 54.0 Å². The Bertz CT molecular complexity index is 385. The molecule has 4 heteroatoms. The molecule has 0 aliphatic carbocycles. The molecule has 2 N–H and O–H groups in total. The molecule has 0 radical (unpaired) electrons. The molecule has 1 aromatic heterocycles. The molecule has 18 heavy (non-hydrogen) atoms. The summed E-state index contributed by atoms with van der Waals surface area (Å²) in [7, 11) is 0. The molecule has 0 bridgehead atoms. The minimum absolute atomic E-state index is 0.109. The standard InChI is InChI=1S/C14H21N3O/c1-14(8-3-5-10-17-14)13(18)16-11-7-12-6-2-4-9-15-12/h2,4,6,9,17H,3,5,7-8,10-11H2,1H3,(H,16,18). The summed E-state index contributed by atoms with van der Waals surface area (Å²) in [6.07, 6.45) is 5.76. The van der Waals surface area contributed by atoms with E-state index in [0.29, 0.717) is 6.54 Å². The summed E-state index contributed by atoms with van der Waals surface area (Å²) in [5.41, 5.74) is 0.627. The Kier molecular flexibility index (Phi) is 4.31. The molecule has 2 rings (SSSR count). The zero-order valence-electron chi connectivity index (χ0n) is 10.9. The number of carbonyl (C=O) groups excluding carboxylic acids is 1. The highest BCUT2D eigenvalue weighted by molar-refractivity contribution is 5.85. The summed E-state index contributed by atoms with van der Waals surface area (Å²) in [5.74, 6) is 0.109. The second kappa shape index (κ2) is 5.96. The van der Waals surface area contributed by atoms with Gasteiger partial charge in [0.15, 0.2) is 0 Å². The first kappa shape index (κ1) is 13.0. The number of carbonyl (C=O) groups is 1. The van der Waals surface area contributed by atoms with Crippen molar-refractivity contribution in [3.8, 4) is 0 Å². The minimum atomic E-state index is -0.387. The van der Waals surface area contributed by atoms with Gasteiger partial charge in [0.1, 0.15) is 0 Å². The van der Waals surface area contributed by atoms with E-state index in [-0.39, 0.29) is 11.4 Å². The van der Waals surface area contributed by atoms with Gasteiger partial charge >= 0.3 is 0 Å². The van der Waals surface area contributed by atoms with E-state index in [1.165, 1.54) is 0 Å². The van der Waals surface area contributed by atoms with Gasteiger partial charge in [0.25, 0.3) is 0 Å². The van der Waals surface area contributed by atoms with Crippen LogP contribution in [0, 0.1) is 0 Å². The maximum Gasteiger partial charge on any atom is 0.240 e. The summed E-state index contributed by atoms with van der Waals surface area (Å²) in [5, 5.41) is 6.32. The van der Waals surface area contributed by atoms with Gasteiger partial charge in [-0.25, -0.2) is 0 Å². The van der Waals surface area contributed by atoms with Crippen molar-refractivity contribution in [3.63, 3.8) is 0 Å². The van der Waals surface area contributed by atoms with Gasteiger partial charge in [-0.1, -0.05) is 6.07 Å². The van der Waals surface area contributed by atoms with Crippen LogP contribution in [-0.2, 0) is 11.2 Å². The number of piperidine rings is 1. The third kappa shape index (κ3) is 3.29. The molecular formula is C14H21N3O. The van der Waals surface area contributed by atoms with Crippen LogP contribution in [0.4, 0.5) is 0 Å². The Hall–Kier alpha value is -1.42. The van der Waals surface area contributed by atoms with Crippen LogP contribution in [-0.4, -0.2) is 29.5 Å². The molecule has 1 atom stereocenters. The van der Waals surface area contributed by atoms with Gasteiger partial charge in [-0.2, -0.15) is 0 Å². The van der Waals surface area contributed by atoms with Gasteiger partial charge in [0.05, 0.1) is 5.54 Å². The fraction of sp³-hybridized carbons (Fsp3) is 0.571. The first-order chi connectivity index (χ1) is 8.71. The van der Waals surface area contributed by atoms with Crippen LogP contribution >= 0.6 is 0 Å². The van der Waals surface area contributed by atoms with Crippen LogP contribution < -0.4 is 10.6 Å². The van der Waals surface area contributed by atoms with E-state index in [2.05, 4.69) is 15.6 Å². The van der Waals surface area contributed by atoms with Crippen LogP contribution in [0.15, 0.2) is 24.4 Å². The Morgan fingerprint density at radius 2 is 2.39 bits per heavy atom. The highest BCUT2D eigenvalue weighted by Crippen LogP contribution is 2.18. The quantitative estimate of drug-likeness (QED) is 0.842. The molecule has 1 unspecified atom stereocenters. The summed E-state index contributed by atoms with van der Waals surface area (Å²) < 4.78 is 0. The largest absolute Gasteiger partial charge is 0.354 e. The Balaban J connectivity index is 1.78. The molecule has 1 amide bonds. The predicted molar refractivity (Wildman–Crippen MR) is 71.2 cm³/mol. The van der Waals surface area contributed by atoms with E-state index < -0.39 is 0 Å². The molecule has 2 heterocycles. The molecule has 1 saturated heterocycles. The summed E-state index contributed by atoms with van der Waals surface area (Å²) in [4.78, 5) is 16.4. The monoisotopic (exact) mass is 247 g/mol. The number of rotatable bonds is 4. The van der Waals surface area contributed by atoms with Crippen LogP contribution in [0.1, 0.15) is 31.9 Å². The zero-order valence-corrected chi connectivity index (χ0v) is 10.9. The molecule has 1 aromatic rings.